The summed E-state index contributed by atoms with van der Waals surface area (Å²) in [6.07, 6.45) is 0. The third-order valence-electron chi connectivity index (χ3n) is 4.31. The quantitative estimate of drug-likeness (QED) is 0.432. The first-order chi connectivity index (χ1) is 14.3. The van der Waals surface area contributed by atoms with Crippen LogP contribution in [0.15, 0.2) is 46.9 Å². The van der Waals surface area contributed by atoms with Crippen LogP contribution >= 0.6 is 27.5 Å². The molecule has 1 aromatic heterocycles. The van der Waals surface area contributed by atoms with E-state index in [0.29, 0.717) is 40.2 Å². The summed E-state index contributed by atoms with van der Waals surface area (Å²) in [5.41, 5.74) is 3.20. The lowest BCUT2D eigenvalue weighted by Crippen LogP contribution is -2.11. The Labute approximate surface area is 188 Å². The summed E-state index contributed by atoms with van der Waals surface area (Å²) in [4.78, 5) is 11.1. The fraction of sp³-hybridized carbons (Fsp3) is 0.273. The fourth-order valence-electron chi connectivity index (χ4n) is 3.08. The minimum atomic E-state index is -1.07. The molecule has 3 rings (SSSR count). The van der Waals surface area contributed by atoms with E-state index in [9.17, 15) is 4.79 Å². The average Bonchev–Trinajstić information content (AvgIpc) is 3.09. The molecule has 158 valence electrons. The van der Waals surface area contributed by atoms with Crippen LogP contribution < -0.4 is 9.47 Å². The highest BCUT2D eigenvalue weighted by Gasteiger charge is 2.20. The number of nitrogens with zero attached hydrogens (tertiary/aromatic N) is 2. The molecule has 0 unspecified atom stereocenters. The molecule has 1 heterocycles. The first kappa shape index (κ1) is 22.2. The summed E-state index contributed by atoms with van der Waals surface area (Å²) in [7, 11) is 1.51. The number of aliphatic carboxylic acids is 1. The predicted octanol–water partition coefficient (Wildman–Crippen LogP) is 5.76. The summed E-state index contributed by atoms with van der Waals surface area (Å²) in [6, 6.07) is 13.1. The third kappa shape index (κ3) is 5.15. The lowest BCUT2D eigenvalue weighted by molar-refractivity contribution is -0.139. The summed E-state index contributed by atoms with van der Waals surface area (Å²) in [5.74, 6) is 0.0636. The zero-order valence-corrected chi connectivity index (χ0v) is 19.2. The van der Waals surface area contributed by atoms with Crippen molar-refractivity contribution >= 4 is 33.5 Å². The van der Waals surface area contributed by atoms with Crippen LogP contribution in [-0.4, -0.2) is 34.6 Å². The molecule has 0 spiro atoms. The topological polar surface area (TPSA) is 73.6 Å². The van der Waals surface area contributed by atoms with Crippen molar-refractivity contribution < 1.29 is 19.4 Å². The molecule has 0 aliphatic carbocycles. The second-order valence-corrected chi connectivity index (χ2v) is 8.52. The standard InChI is InChI=1S/C22H22BrClN2O4/c1-13(2)11-26-19(14-4-6-16(24)7-5-14)10-18(25-26)17-8-15(23)9-20(29-3)22(17)30-12-21(27)28/h4-10,13H,11-12H2,1-3H3,(H,27,28). The van der Waals surface area contributed by atoms with Crippen molar-refractivity contribution in [3.63, 3.8) is 0 Å². The number of hydrogen-bond acceptors (Lipinski definition) is 4. The van der Waals surface area contributed by atoms with Crippen molar-refractivity contribution in [2.75, 3.05) is 13.7 Å². The molecule has 0 saturated heterocycles. The monoisotopic (exact) mass is 492 g/mol. The second-order valence-electron chi connectivity index (χ2n) is 7.16. The van der Waals surface area contributed by atoms with E-state index in [-0.39, 0.29) is 0 Å². The van der Waals surface area contributed by atoms with Gasteiger partial charge in [0.2, 0.25) is 0 Å². The van der Waals surface area contributed by atoms with Crippen molar-refractivity contribution in [1.82, 2.24) is 9.78 Å². The normalized spacial score (nSPS) is 11.0. The number of rotatable bonds is 8. The number of carboxylic acid groups (broad SMARTS) is 1. The van der Waals surface area contributed by atoms with Gasteiger partial charge in [-0.2, -0.15) is 5.10 Å². The number of carboxylic acids is 1. The van der Waals surface area contributed by atoms with Crippen molar-refractivity contribution in [3.8, 4) is 34.0 Å². The smallest absolute Gasteiger partial charge is 0.341 e. The maximum atomic E-state index is 11.1. The van der Waals surface area contributed by atoms with Gasteiger partial charge in [0.25, 0.3) is 0 Å². The number of benzene rings is 2. The Kier molecular flexibility index (Phi) is 7.05. The van der Waals surface area contributed by atoms with E-state index < -0.39 is 12.6 Å². The molecule has 30 heavy (non-hydrogen) atoms. The van der Waals surface area contributed by atoms with Gasteiger partial charge in [0, 0.05) is 21.6 Å². The second kappa shape index (κ2) is 9.53. The number of carbonyl (C=O) groups is 1. The van der Waals surface area contributed by atoms with E-state index in [1.54, 1.807) is 6.07 Å². The van der Waals surface area contributed by atoms with Crippen LogP contribution in [0.5, 0.6) is 11.5 Å². The van der Waals surface area contributed by atoms with Crippen molar-refractivity contribution in [1.29, 1.82) is 0 Å². The van der Waals surface area contributed by atoms with Crippen molar-refractivity contribution in [3.05, 3.63) is 52.0 Å². The van der Waals surface area contributed by atoms with Gasteiger partial charge >= 0.3 is 5.97 Å². The SMILES string of the molecule is COc1cc(Br)cc(-c2cc(-c3ccc(Cl)cc3)n(CC(C)C)n2)c1OCC(=O)O. The van der Waals surface area contributed by atoms with Crippen LogP contribution in [0, 0.1) is 5.92 Å². The van der Waals surface area contributed by atoms with E-state index in [4.69, 9.17) is 31.3 Å². The van der Waals surface area contributed by atoms with Crippen LogP contribution in [0.2, 0.25) is 5.02 Å². The van der Waals surface area contributed by atoms with Gasteiger partial charge in [0.05, 0.1) is 18.5 Å². The molecule has 1 N–H and O–H groups in total. The maximum Gasteiger partial charge on any atom is 0.341 e. The Morgan fingerprint density at radius 1 is 1.23 bits per heavy atom. The largest absolute Gasteiger partial charge is 0.493 e. The molecule has 6 nitrogen and oxygen atoms in total. The molecule has 0 aliphatic rings. The summed E-state index contributed by atoms with van der Waals surface area (Å²) in [5, 5.41) is 14.5. The van der Waals surface area contributed by atoms with Crippen LogP contribution in [0.1, 0.15) is 13.8 Å². The highest BCUT2D eigenvalue weighted by molar-refractivity contribution is 9.10. The van der Waals surface area contributed by atoms with Gasteiger partial charge in [-0.15, -0.1) is 0 Å². The van der Waals surface area contributed by atoms with Crippen LogP contribution in [0.25, 0.3) is 22.5 Å². The Morgan fingerprint density at radius 2 is 1.93 bits per heavy atom. The Hall–Kier alpha value is -2.51. The summed E-state index contributed by atoms with van der Waals surface area (Å²) >= 11 is 9.53. The Balaban J connectivity index is 2.16. The first-order valence-corrected chi connectivity index (χ1v) is 10.5. The minimum absolute atomic E-state index is 0.333. The maximum absolute atomic E-state index is 11.1. The van der Waals surface area contributed by atoms with Crippen LogP contribution in [0.3, 0.4) is 0 Å². The fourth-order valence-corrected chi connectivity index (χ4v) is 3.64. The number of ether oxygens (including phenoxy) is 2. The molecule has 0 amide bonds. The molecule has 0 radical (unpaired) electrons. The minimum Gasteiger partial charge on any atom is -0.493 e. The van der Waals surface area contributed by atoms with Gasteiger partial charge in [-0.1, -0.05) is 53.5 Å². The molecule has 3 aromatic rings. The van der Waals surface area contributed by atoms with Gasteiger partial charge in [0.1, 0.15) is 0 Å². The molecule has 0 bridgehead atoms. The van der Waals surface area contributed by atoms with Gasteiger partial charge in [-0.3, -0.25) is 4.68 Å². The van der Waals surface area contributed by atoms with Crippen LogP contribution in [0.4, 0.5) is 0 Å². The lowest BCUT2D eigenvalue weighted by Gasteiger charge is -2.14. The molecule has 0 fully saturated rings. The van der Waals surface area contributed by atoms with Gasteiger partial charge < -0.3 is 14.6 Å². The molecule has 0 saturated carbocycles. The molecule has 2 aromatic carbocycles. The zero-order chi connectivity index (χ0) is 21.8. The molecule has 8 heteroatoms. The lowest BCUT2D eigenvalue weighted by atomic mass is 10.1. The van der Waals surface area contributed by atoms with Gasteiger partial charge in [-0.05, 0) is 41.8 Å². The van der Waals surface area contributed by atoms with Crippen LogP contribution in [-0.2, 0) is 11.3 Å². The summed E-state index contributed by atoms with van der Waals surface area (Å²) < 4.78 is 13.7. The number of aromatic nitrogens is 2. The van der Waals surface area contributed by atoms with E-state index in [1.807, 2.05) is 41.1 Å². The predicted molar refractivity (Wildman–Crippen MR) is 120 cm³/mol. The van der Waals surface area contributed by atoms with Gasteiger partial charge in [-0.25, -0.2) is 4.79 Å². The highest BCUT2D eigenvalue weighted by Crippen LogP contribution is 2.41. The number of methoxy groups -OCH3 is 1. The van der Waals surface area contributed by atoms with E-state index in [2.05, 4.69) is 29.8 Å². The Morgan fingerprint density at radius 3 is 2.53 bits per heavy atom. The highest BCUT2D eigenvalue weighted by atomic mass is 79.9. The molecule has 0 aliphatic heterocycles. The number of halogens is 2. The first-order valence-electron chi connectivity index (χ1n) is 9.34. The average molecular weight is 494 g/mol. The van der Waals surface area contributed by atoms with E-state index in [1.165, 1.54) is 7.11 Å². The number of hydrogen-bond donors (Lipinski definition) is 1. The molecule has 0 atom stereocenters. The van der Waals surface area contributed by atoms with E-state index in [0.717, 1.165) is 15.7 Å². The summed E-state index contributed by atoms with van der Waals surface area (Å²) in [6.45, 7) is 4.48. The van der Waals surface area contributed by atoms with Crippen molar-refractivity contribution in [2.45, 2.75) is 20.4 Å². The van der Waals surface area contributed by atoms with E-state index >= 15 is 0 Å². The Bertz CT molecular complexity index is 1050. The van der Waals surface area contributed by atoms with Gasteiger partial charge in [0.15, 0.2) is 18.1 Å². The molecular weight excluding hydrogens is 472 g/mol. The van der Waals surface area contributed by atoms with Crippen molar-refractivity contribution in [2.24, 2.45) is 5.92 Å². The molecular formula is C22H22BrClN2O4. The third-order valence-corrected chi connectivity index (χ3v) is 5.02. The zero-order valence-electron chi connectivity index (χ0n) is 16.9.